The van der Waals surface area contributed by atoms with Crippen molar-refractivity contribution in [2.24, 2.45) is 0 Å². The number of nitrogens with zero attached hydrogens (tertiary/aromatic N) is 2. The predicted octanol–water partition coefficient (Wildman–Crippen LogP) is 2.40. The minimum Gasteiger partial charge on any atom is -0.322 e. The minimum absolute atomic E-state index is 0.337. The van der Waals surface area contributed by atoms with E-state index in [1.807, 2.05) is 6.07 Å². The maximum atomic E-state index is 11.6. The highest BCUT2D eigenvalue weighted by Gasteiger charge is 2.12. The van der Waals surface area contributed by atoms with Crippen LogP contribution in [-0.4, -0.2) is 19.1 Å². The second-order valence-electron chi connectivity index (χ2n) is 3.34. The third-order valence-corrected chi connectivity index (χ3v) is 2.27. The van der Waals surface area contributed by atoms with Crippen molar-refractivity contribution >= 4 is 23.3 Å². The van der Waals surface area contributed by atoms with Crippen molar-refractivity contribution in [3.63, 3.8) is 0 Å². The molecule has 0 aromatic heterocycles. The lowest BCUT2D eigenvalue weighted by Crippen LogP contribution is -2.41. The zero-order valence-corrected chi connectivity index (χ0v) is 9.82. The third-order valence-electron chi connectivity index (χ3n) is 2.03. The van der Waals surface area contributed by atoms with E-state index in [-0.39, 0.29) is 6.03 Å². The number of rotatable bonds is 2. The van der Waals surface area contributed by atoms with E-state index in [1.165, 1.54) is 4.90 Å². The van der Waals surface area contributed by atoms with Crippen LogP contribution in [0.1, 0.15) is 6.92 Å². The summed E-state index contributed by atoms with van der Waals surface area (Å²) in [4.78, 5) is 13.0. The number of carbonyl (C=O) groups excluding carboxylic acids is 1. The Bertz CT molecular complexity index is 427. The van der Waals surface area contributed by atoms with Gasteiger partial charge in [-0.1, -0.05) is 17.7 Å². The molecule has 0 fully saturated rings. The monoisotopic (exact) mass is 237 g/mol. The zero-order chi connectivity index (χ0) is 12.1. The number of benzene rings is 1. The highest BCUT2D eigenvalue weighted by molar-refractivity contribution is 6.30. The van der Waals surface area contributed by atoms with E-state index in [0.29, 0.717) is 10.7 Å². The molecule has 0 spiro atoms. The molecule has 0 heterocycles. The molecular formula is C11H12ClN3O. The van der Waals surface area contributed by atoms with Crippen LogP contribution in [0, 0.1) is 11.3 Å². The Kier molecular flexibility index (Phi) is 4.15. The molecular weight excluding hydrogens is 226 g/mol. The molecule has 1 aromatic rings. The number of hydrogen-bond acceptors (Lipinski definition) is 2. The predicted molar refractivity (Wildman–Crippen MR) is 63.5 cm³/mol. The van der Waals surface area contributed by atoms with E-state index in [4.69, 9.17) is 16.9 Å². The van der Waals surface area contributed by atoms with E-state index in [1.54, 1.807) is 38.2 Å². The maximum Gasteiger partial charge on any atom is 0.322 e. The first-order valence-electron chi connectivity index (χ1n) is 4.74. The van der Waals surface area contributed by atoms with Gasteiger partial charge in [0.2, 0.25) is 0 Å². The molecule has 5 heteroatoms. The molecule has 0 bridgehead atoms. The summed E-state index contributed by atoms with van der Waals surface area (Å²) < 4.78 is 0. The Morgan fingerprint density at radius 3 is 2.88 bits per heavy atom. The lowest BCUT2D eigenvalue weighted by atomic mass is 10.3. The van der Waals surface area contributed by atoms with Crippen LogP contribution in [0.15, 0.2) is 24.3 Å². The van der Waals surface area contributed by atoms with Crippen LogP contribution in [0.2, 0.25) is 5.02 Å². The van der Waals surface area contributed by atoms with E-state index >= 15 is 0 Å². The highest BCUT2D eigenvalue weighted by Crippen LogP contribution is 2.18. The van der Waals surface area contributed by atoms with Crippen LogP contribution >= 0.6 is 11.6 Å². The molecule has 1 rings (SSSR count). The molecule has 0 radical (unpaired) electrons. The summed E-state index contributed by atoms with van der Waals surface area (Å²) >= 11 is 5.82. The van der Waals surface area contributed by atoms with Crippen molar-refractivity contribution in [3.05, 3.63) is 29.3 Å². The number of nitrogens with one attached hydrogen (secondary N) is 1. The quantitative estimate of drug-likeness (QED) is 0.859. The molecule has 16 heavy (non-hydrogen) atoms. The average molecular weight is 238 g/mol. The van der Waals surface area contributed by atoms with Gasteiger partial charge in [-0.15, -0.1) is 0 Å². The first-order valence-corrected chi connectivity index (χ1v) is 5.12. The zero-order valence-electron chi connectivity index (χ0n) is 9.07. The third kappa shape index (κ3) is 3.14. The number of amides is 2. The Hall–Kier alpha value is -1.73. The van der Waals surface area contributed by atoms with Gasteiger partial charge in [0, 0.05) is 17.8 Å². The van der Waals surface area contributed by atoms with Crippen molar-refractivity contribution in [2.45, 2.75) is 13.0 Å². The molecule has 1 aromatic carbocycles. The highest BCUT2D eigenvalue weighted by atomic mass is 35.5. The molecule has 2 amide bonds. The van der Waals surface area contributed by atoms with Crippen LogP contribution in [0.5, 0.6) is 0 Å². The fourth-order valence-corrected chi connectivity index (χ4v) is 1.30. The summed E-state index contributed by atoms with van der Waals surface area (Å²) in [5.41, 5.74) is 0.676. The van der Waals surface area contributed by atoms with Gasteiger partial charge in [0.1, 0.15) is 6.04 Å². The smallest absolute Gasteiger partial charge is 0.322 e. The van der Waals surface area contributed by atoms with E-state index in [0.717, 1.165) is 0 Å². The number of halogens is 1. The second-order valence-corrected chi connectivity index (χ2v) is 3.78. The maximum absolute atomic E-state index is 11.6. The second kappa shape index (κ2) is 5.38. The fraction of sp³-hybridized carbons (Fsp3) is 0.273. The van der Waals surface area contributed by atoms with Gasteiger partial charge in [0.05, 0.1) is 6.07 Å². The summed E-state index contributed by atoms with van der Waals surface area (Å²) in [5, 5.41) is 11.7. The summed E-state index contributed by atoms with van der Waals surface area (Å²) in [6.07, 6.45) is 0. The van der Waals surface area contributed by atoms with Gasteiger partial charge >= 0.3 is 6.03 Å². The van der Waals surface area contributed by atoms with Crippen molar-refractivity contribution in [2.75, 3.05) is 11.9 Å². The Morgan fingerprint density at radius 1 is 1.62 bits per heavy atom. The number of anilines is 1. The molecule has 1 N–H and O–H groups in total. The summed E-state index contributed by atoms with van der Waals surface area (Å²) in [7, 11) is 1.62. The topological polar surface area (TPSA) is 56.1 Å². The molecule has 0 aliphatic carbocycles. The van der Waals surface area contributed by atoms with E-state index in [2.05, 4.69) is 5.32 Å². The molecule has 0 unspecified atom stereocenters. The normalized spacial score (nSPS) is 11.4. The largest absolute Gasteiger partial charge is 0.322 e. The Morgan fingerprint density at radius 2 is 2.31 bits per heavy atom. The van der Waals surface area contributed by atoms with Crippen molar-refractivity contribution in [3.8, 4) is 6.07 Å². The van der Waals surface area contributed by atoms with Crippen molar-refractivity contribution < 1.29 is 4.79 Å². The van der Waals surface area contributed by atoms with Gasteiger partial charge in [-0.2, -0.15) is 5.26 Å². The van der Waals surface area contributed by atoms with E-state index < -0.39 is 6.04 Å². The summed E-state index contributed by atoms with van der Waals surface area (Å²) in [6, 6.07) is 8.01. The van der Waals surface area contributed by atoms with Gasteiger partial charge in [-0.3, -0.25) is 4.90 Å². The van der Waals surface area contributed by atoms with Gasteiger partial charge in [-0.05, 0) is 25.1 Å². The molecule has 4 nitrogen and oxygen atoms in total. The van der Waals surface area contributed by atoms with E-state index in [9.17, 15) is 4.79 Å². The lowest BCUT2D eigenvalue weighted by Gasteiger charge is -2.19. The summed E-state index contributed by atoms with van der Waals surface area (Å²) in [5.74, 6) is 0. The van der Waals surface area contributed by atoms with Crippen LogP contribution in [0.4, 0.5) is 10.5 Å². The Balaban J connectivity index is 2.75. The van der Waals surface area contributed by atoms with Gasteiger partial charge in [0.25, 0.3) is 0 Å². The van der Waals surface area contributed by atoms with Gasteiger partial charge in [0.15, 0.2) is 0 Å². The van der Waals surface area contributed by atoms with Crippen molar-refractivity contribution in [1.29, 1.82) is 5.26 Å². The molecule has 84 valence electrons. The number of hydrogen-bond donors (Lipinski definition) is 1. The standard InChI is InChI=1S/C11H12ClN3O/c1-8(7-13)14-11(16)15(2)10-5-3-4-9(12)6-10/h3-6,8H,1-2H3,(H,14,16)/t8-/m1/s1. The van der Waals surface area contributed by atoms with Crippen molar-refractivity contribution in [1.82, 2.24) is 5.32 Å². The van der Waals surface area contributed by atoms with Crippen LogP contribution < -0.4 is 10.2 Å². The number of nitriles is 1. The van der Waals surface area contributed by atoms with Gasteiger partial charge in [-0.25, -0.2) is 4.79 Å². The van der Waals surface area contributed by atoms with Crippen LogP contribution in [-0.2, 0) is 0 Å². The molecule has 0 saturated heterocycles. The molecule has 0 saturated carbocycles. The van der Waals surface area contributed by atoms with Gasteiger partial charge < -0.3 is 5.32 Å². The molecule has 0 aliphatic rings. The first kappa shape index (κ1) is 12.3. The SMILES string of the molecule is C[C@H](C#N)NC(=O)N(C)c1cccc(Cl)c1. The Labute approximate surface area is 99.4 Å². The molecule has 1 atom stereocenters. The van der Waals surface area contributed by atoms with Crippen LogP contribution in [0.25, 0.3) is 0 Å². The summed E-state index contributed by atoms with van der Waals surface area (Å²) in [6.45, 7) is 1.61. The average Bonchev–Trinajstić information content (AvgIpc) is 2.27. The first-order chi connectivity index (χ1) is 7.54. The number of urea groups is 1. The number of carbonyl (C=O) groups is 1. The molecule has 0 aliphatic heterocycles. The fourth-order valence-electron chi connectivity index (χ4n) is 1.12. The lowest BCUT2D eigenvalue weighted by molar-refractivity contribution is 0.246. The minimum atomic E-state index is -0.519. The van der Waals surface area contributed by atoms with Crippen LogP contribution in [0.3, 0.4) is 0 Å².